The van der Waals surface area contributed by atoms with E-state index in [1.807, 2.05) is 0 Å². The van der Waals surface area contributed by atoms with E-state index >= 15 is 0 Å². The summed E-state index contributed by atoms with van der Waals surface area (Å²) in [6, 6.07) is 0. The molecule has 0 unspecified atom stereocenters. The molecule has 1 aromatic heterocycles. The van der Waals surface area contributed by atoms with E-state index in [0.717, 1.165) is 5.75 Å². The standard InChI is InChI=1S/C8H7ClN2O2S/c1-4(12)5-6(9)10-8-11(7(5)13)2-3-14-8/h2-3H2,1H3. The fraction of sp³-hybridized carbons (Fsp3) is 0.375. The first-order valence-corrected chi connectivity index (χ1v) is 5.41. The highest BCUT2D eigenvalue weighted by Gasteiger charge is 2.21. The largest absolute Gasteiger partial charge is 0.294 e. The zero-order valence-corrected chi connectivity index (χ0v) is 8.98. The van der Waals surface area contributed by atoms with Crippen molar-refractivity contribution in [1.29, 1.82) is 0 Å². The van der Waals surface area contributed by atoms with Crippen LogP contribution in [0.15, 0.2) is 9.95 Å². The lowest BCUT2D eigenvalue weighted by Crippen LogP contribution is -2.26. The number of nitrogens with zero attached hydrogens (tertiary/aromatic N) is 2. The molecule has 2 rings (SSSR count). The predicted molar refractivity (Wildman–Crippen MR) is 54.2 cm³/mol. The van der Waals surface area contributed by atoms with Gasteiger partial charge in [-0.1, -0.05) is 23.4 Å². The van der Waals surface area contributed by atoms with Crippen LogP contribution in [0.25, 0.3) is 0 Å². The molecular weight excluding hydrogens is 224 g/mol. The highest BCUT2D eigenvalue weighted by Crippen LogP contribution is 2.23. The van der Waals surface area contributed by atoms with Gasteiger partial charge >= 0.3 is 0 Å². The Hall–Kier alpha value is -0.810. The average molecular weight is 231 g/mol. The zero-order chi connectivity index (χ0) is 10.3. The first-order chi connectivity index (χ1) is 6.61. The van der Waals surface area contributed by atoms with Crippen LogP contribution in [0.1, 0.15) is 17.3 Å². The second-order valence-corrected chi connectivity index (χ2v) is 4.34. The van der Waals surface area contributed by atoms with Crippen LogP contribution < -0.4 is 5.56 Å². The van der Waals surface area contributed by atoms with Crippen molar-refractivity contribution in [2.75, 3.05) is 5.75 Å². The van der Waals surface area contributed by atoms with Crippen molar-refractivity contribution in [3.8, 4) is 0 Å². The Labute approximate surface area is 89.3 Å². The molecule has 2 heterocycles. The van der Waals surface area contributed by atoms with E-state index in [-0.39, 0.29) is 22.1 Å². The van der Waals surface area contributed by atoms with Crippen LogP contribution in [-0.4, -0.2) is 21.1 Å². The summed E-state index contributed by atoms with van der Waals surface area (Å²) in [5.41, 5.74) is -0.324. The number of rotatable bonds is 1. The Bertz CT molecular complexity index is 469. The number of Topliss-reactive ketones (excluding diaryl/α,β-unsaturated/α-hetero) is 1. The molecule has 14 heavy (non-hydrogen) atoms. The summed E-state index contributed by atoms with van der Waals surface area (Å²) in [5.74, 6) is 0.472. The third-order valence-corrected chi connectivity index (χ3v) is 3.22. The minimum absolute atomic E-state index is 0.00193. The Morgan fingerprint density at radius 1 is 1.64 bits per heavy atom. The molecule has 0 aliphatic carbocycles. The van der Waals surface area contributed by atoms with Gasteiger partial charge in [-0.15, -0.1) is 0 Å². The molecule has 6 heteroatoms. The molecule has 0 spiro atoms. The normalized spacial score (nSPS) is 14.1. The van der Waals surface area contributed by atoms with E-state index in [2.05, 4.69) is 4.98 Å². The quantitative estimate of drug-likeness (QED) is 0.413. The highest BCUT2D eigenvalue weighted by molar-refractivity contribution is 7.99. The second-order valence-electron chi connectivity index (χ2n) is 2.92. The van der Waals surface area contributed by atoms with Crippen LogP contribution in [0.2, 0.25) is 5.15 Å². The lowest BCUT2D eigenvalue weighted by atomic mass is 10.2. The summed E-state index contributed by atoms with van der Waals surface area (Å²) in [6.45, 7) is 1.92. The monoisotopic (exact) mass is 230 g/mol. The molecule has 0 amide bonds. The predicted octanol–water partition coefficient (Wildman–Crippen LogP) is 1.20. The molecule has 1 aromatic rings. The first kappa shape index (κ1) is 9.73. The van der Waals surface area contributed by atoms with Crippen LogP contribution in [0.5, 0.6) is 0 Å². The molecule has 0 saturated carbocycles. The van der Waals surface area contributed by atoms with Gasteiger partial charge in [-0.2, -0.15) is 0 Å². The van der Waals surface area contributed by atoms with E-state index < -0.39 is 0 Å². The molecule has 0 aromatic carbocycles. The summed E-state index contributed by atoms with van der Waals surface area (Å²) in [4.78, 5) is 26.9. The van der Waals surface area contributed by atoms with E-state index in [4.69, 9.17) is 11.6 Å². The van der Waals surface area contributed by atoms with Gasteiger partial charge in [0.15, 0.2) is 10.9 Å². The second kappa shape index (κ2) is 3.40. The molecule has 0 radical (unpaired) electrons. The molecular formula is C8H7ClN2O2S. The Kier molecular flexibility index (Phi) is 2.36. The van der Waals surface area contributed by atoms with Crippen molar-refractivity contribution in [1.82, 2.24) is 9.55 Å². The number of hydrogen-bond acceptors (Lipinski definition) is 4. The van der Waals surface area contributed by atoms with Gasteiger partial charge in [0.05, 0.1) is 0 Å². The molecule has 0 atom stereocenters. The first-order valence-electron chi connectivity index (χ1n) is 4.05. The fourth-order valence-corrected chi connectivity index (χ4v) is 2.63. The number of hydrogen-bond donors (Lipinski definition) is 0. The molecule has 4 nitrogen and oxygen atoms in total. The van der Waals surface area contributed by atoms with Gasteiger partial charge in [0.25, 0.3) is 5.56 Å². The Balaban J connectivity index is 2.75. The zero-order valence-electron chi connectivity index (χ0n) is 7.41. The van der Waals surface area contributed by atoms with E-state index in [1.165, 1.54) is 23.3 Å². The number of halogens is 1. The third kappa shape index (κ3) is 1.36. The van der Waals surface area contributed by atoms with Gasteiger partial charge in [-0.05, 0) is 6.92 Å². The van der Waals surface area contributed by atoms with Gasteiger partial charge in [-0.25, -0.2) is 4.98 Å². The number of carbonyl (C=O) groups is 1. The Morgan fingerprint density at radius 3 is 3.00 bits per heavy atom. The molecule has 0 saturated heterocycles. The van der Waals surface area contributed by atoms with E-state index in [9.17, 15) is 9.59 Å². The van der Waals surface area contributed by atoms with Crippen LogP contribution in [0, 0.1) is 0 Å². The van der Waals surface area contributed by atoms with Crippen LogP contribution in [-0.2, 0) is 6.54 Å². The number of ketones is 1. The lowest BCUT2D eigenvalue weighted by Gasteiger charge is -2.04. The fourth-order valence-electron chi connectivity index (χ4n) is 1.34. The van der Waals surface area contributed by atoms with Crippen LogP contribution >= 0.6 is 23.4 Å². The number of fused-ring (bicyclic) bond motifs is 1. The summed E-state index contributed by atoms with van der Waals surface area (Å²) < 4.78 is 1.49. The average Bonchev–Trinajstić information content (AvgIpc) is 2.50. The van der Waals surface area contributed by atoms with Crippen molar-refractivity contribution in [2.24, 2.45) is 0 Å². The van der Waals surface area contributed by atoms with E-state index in [1.54, 1.807) is 0 Å². The number of thioether (sulfide) groups is 1. The highest BCUT2D eigenvalue weighted by atomic mass is 35.5. The van der Waals surface area contributed by atoms with Crippen molar-refractivity contribution in [3.05, 3.63) is 21.1 Å². The summed E-state index contributed by atoms with van der Waals surface area (Å²) >= 11 is 7.22. The maximum absolute atomic E-state index is 11.7. The molecule has 74 valence electrons. The molecule has 0 fully saturated rings. The number of aromatic nitrogens is 2. The minimum Gasteiger partial charge on any atom is -0.294 e. The Morgan fingerprint density at radius 2 is 2.36 bits per heavy atom. The SMILES string of the molecule is CC(=O)c1c(Cl)nc2n(c1=O)CCS2. The van der Waals surface area contributed by atoms with Gasteiger partial charge in [-0.3, -0.25) is 14.2 Å². The molecule has 0 N–H and O–H groups in total. The topological polar surface area (TPSA) is 52.0 Å². The summed E-state index contributed by atoms with van der Waals surface area (Å²) in [6.07, 6.45) is 0. The third-order valence-electron chi connectivity index (χ3n) is 1.99. The van der Waals surface area contributed by atoms with Crippen molar-refractivity contribution < 1.29 is 4.79 Å². The van der Waals surface area contributed by atoms with Crippen molar-refractivity contribution in [3.63, 3.8) is 0 Å². The summed E-state index contributed by atoms with van der Waals surface area (Å²) in [7, 11) is 0. The van der Waals surface area contributed by atoms with E-state index in [0.29, 0.717) is 11.7 Å². The van der Waals surface area contributed by atoms with Crippen molar-refractivity contribution >= 4 is 29.1 Å². The maximum atomic E-state index is 11.7. The minimum atomic E-state index is -0.334. The van der Waals surface area contributed by atoms with Gasteiger partial charge in [0.2, 0.25) is 0 Å². The number of carbonyl (C=O) groups excluding carboxylic acids is 1. The van der Waals surface area contributed by atoms with Crippen LogP contribution in [0.3, 0.4) is 0 Å². The molecule has 1 aliphatic heterocycles. The van der Waals surface area contributed by atoms with Gasteiger partial charge in [0, 0.05) is 12.3 Å². The molecule has 0 bridgehead atoms. The summed E-state index contributed by atoms with van der Waals surface area (Å²) in [5, 5.41) is 0.619. The van der Waals surface area contributed by atoms with Crippen molar-refractivity contribution in [2.45, 2.75) is 18.6 Å². The maximum Gasteiger partial charge on any atom is 0.266 e. The lowest BCUT2D eigenvalue weighted by molar-refractivity contribution is 0.101. The van der Waals surface area contributed by atoms with Gasteiger partial charge in [0.1, 0.15) is 10.7 Å². The molecule has 1 aliphatic rings. The van der Waals surface area contributed by atoms with Crippen LogP contribution in [0.4, 0.5) is 0 Å². The smallest absolute Gasteiger partial charge is 0.266 e. The van der Waals surface area contributed by atoms with Gasteiger partial charge < -0.3 is 0 Å².